The third kappa shape index (κ3) is 4.75. The fourth-order valence-electron chi connectivity index (χ4n) is 2.42. The molecule has 1 heterocycles. The van der Waals surface area contributed by atoms with Gasteiger partial charge in [0.15, 0.2) is 0 Å². The van der Waals surface area contributed by atoms with Crippen molar-refractivity contribution in [3.8, 4) is 0 Å². The minimum Gasteiger partial charge on any atom is -0.325 e. The zero-order chi connectivity index (χ0) is 18.5. The summed E-state index contributed by atoms with van der Waals surface area (Å²) in [6.07, 6.45) is 0.825. The molecule has 0 saturated heterocycles. The molecule has 0 aliphatic rings. The SMILES string of the molecule is Cc1cc(=N)n(C(=NCCc2ccccc2)Nc2ccc(Cl)c(Cl)c2)s1. The number of aromatic nitrogens is 1. The van der Waals surface area contributed by atoms with Crippen molar-refractivity contribution >= 4 is 46.4 Å². The minimum atomic E-state index is 0.388. The third-order valence-corrected chi connectivity index (χ3v) is 5.36. The highest BCUT2D eigenvalue weighted by atomic mass is 35.5. The Morgan fingerprint density at radius 3 is 2.54 bits per heavy atom. The van der Waals surface area contributed by atoms with Gasteiger partial charge in [0.05, 0.1) is 10.0 Å². The zero-order valence-electron chi connectivity index (χ0n) is 14.2. The first-order valence-electron chi connectivity index (χ1n) is 8.08. The number of nitrogens with zero attached hydrogens (tertiary/aromatic N) is 2. The molecule has 0 radical (unpaired) electrons. The maximum atomic E-state index is 8.17. The van der Waals surface area contributed by atoms with Crippen LogP contribution < -0.4 is 10.8 Å². The Balaban J connectivity index is 1.86. The van der Waals surface area contributed by atoms with E-state index < -0.39 is 0 Å². The molecule has 0 saturated carbocycles. The average Bonchev–Trinajstić information content (AvgIpc) is 2.96. The van der Waals surface area contributed by atoms with Crippen LogP contribution in [0.25, 0.3) is 0 Å². The predicted octanol–water partition coefficient (Wildman–Crippen LogP) is 5.20. The smallest absolute Gasteiger partial charge is 0.218 e. The van der Waals surface area contributed by atoms with Crippen molar-refractivity contribution in [3.63, 3.8) is 0 Å². The van der Waals surface area contributed by atoms with Crippen molar-refractivity contribution in [2.75, 3.05) is 11.9 Å². The maximum absolute atomic E-state index is 8.17. The summed E-state index contributed by atoms with van der Waals surface area (Å²) in [4.78, 5) is 5.74. The number of aliphatic imine (C=N–C) groups is 1. The Bertz CT molecular complexity index is 977. The van der Waals surface area contributed by atoms with Gasteiger partial charge in [-0.1, -0.05) is 65.1 Å². The lowest BCUT2D eigenvalue weighted by Gasteiger charge is -2.11. The molecule has 4 nitrogen and oxygen atoms in total. The monoisotopic (exact) mass is 404 g/mol. The normalized spacial score (nSPS) is 11.6. The van der Waals surface area contributed by atoms with Gasteiger partial charge in [0, 0.05) is 17.1 Å². The standard InChI is InChI=1S/C19H18Cl2N4S/c1-13-11-18(22)25(26-13)19(23-10-9-14-5-3-2-4-6-14)24-15-7-8-16(20)17(21)12-15/h2-8,11-12,22H,9-10H2,1H3,(H,23,24). The number of hydrogen-bond acceptors (Lipinski definition) is 3. The van der Waals surface area contributed by atoms with E-state index in [0.717, 1.165) is 17.0 Å². The molecule has 134 valence electrons. The summed E-state index contributed by atoms with van der Waals surface area (Å²) in [6, 6.07) is 17.3. The van der Waals surface area contributed by atoms with E-state index in [0.29, 0.717) is 28.0 Å². The minimum absolute atomic E-state index is 0.388. The van der Waals surface area contributed by atoms with Crippen LogP contribution >= 0.6 is 34.7 Å². The Kier molecular flexibility index (Phi) is 6.14. The van der Waals surface area contributed by atoms with E-state index in [1.54, 1.807) is 16.1 Å². The number of benzene rings is 2. The second kappa shape index (κ2) is 8.54. The summed E-state index contributed by atoms with van der Waals surface area (Å²) < 4.78 is 1.77. The van der Waals surface area contributed by atoms with E-state index in [2.05, 4.69) is 17.4 Å². The van der Waals surface area contributed by atoms with Crippen LogP contribution in [0.5, 0.6) is 0 Å². The second-order valence-electron chi connectivity index (χ2n) is 5.72. The summed E-state index contributed by atoms with van der Waals surface area (Å²) in [5.41, 5.74) is 2.39. The fourth-order valence-corrected chi connectivity index (χ4v) is 3.51. The van der Waals surface area contributed by atoms with Crippen molar-refractivity contribution in [1.82, 2.24) is 3.96 Å². The Morgan fingerprint density at radius 2 is 1.88 bits per heavy atom. The van der Waals surface area contributed by atoms with Crippen LogP contribution in [0.4, 0.5) is 5.69 Å². The number of hydrogen-bond donors (Lipinski definition) is 2. The largest absolute Gasteiger partial charge is 0.325 e. The first-order valence-corrected chi connectivity index (χ1v) is 9.61. The van der Waals surface area contributed by atoms with Crippen molar-refractivity contribution in [2.45, 2.75) is 13.3 Å². The third-order valence-electron chi connectivity index (χ3n) is 3.67. The first kappa shape index (κ1) is 18.7. The molecule has 0 atom stereocenters. The predicted molar refractivity (Wildman–Crippen MR) is 111 cm³/mol. The van der Waals surface area contributed by atoms with E-state index in [4.69, 9.17) is 33.6 Å². The molecule has 0 unspecified atom stereocenters. The average molecular weight is 405 g/mol. The van der Waals surface area contributed by atoms with Gasteiger partial charge in [0.1, 0.15) is 5.49 Å². The van der Waals surface area contributed by atoms with E-state index >= 15 is 0 Å². The van der Waals surface area contributed by atoms with Gasteiger partial charge < -0.3 is 5.32 Å². The molecular formula is C19H18Cl2N4S. The van der Waals surface area contributed by atoms with Crippen LogP contribution in [0.1, 0.15) is 10.4 Å². The van der Waals surface area contributed by atoms with Gasteiger partial charge in [-0.2, -0.15) is 0 Å². The lowest BCUT2D eigenvalue weighted by Crippen LogP contribution is -2.28. The summed E-state index contributed by atoms with van der Waals surface area (Å²) in [6.45, 7) is 2.58. The van der Waals surface area contributed by atoms with Crippen LogP contribution in [-0.2, 0) is 6.42 Å². The zero-order valence-corrected chi connectivity index (χ0v) is 16.5. The number of halogens is 2. The van der Waals surface area contributed by atoms with E-state index in [9.17, 15) is 0 Å². The van der Waals surface area contributed by atoms with Crippen molar-refractivity contribution in [3.05, 3.63) is 80.6 Å². The fraction of sp³-hybridized carbons (Fsp3) is 0.158. The number of aryl methyl sites for hydroxylation is 1. The van der Waals surface area contributed by atoms with Gasteiger partial charge in [-0.15, -0.1) is 0 Å². The second-order valence-corrected chi connectivity index (χ2v) is 7.73. The van der Waals surface area contributed by atoms with Crippen molar-refractivity contribution in [2.24, 2.45) is 4.99 Å². The molecular weight excluding hydrogens is 387 g/mol. The molecule has 7 heteroatoms. The molecule has 0 amide bonds. The first-order chi connectivity index (χ1) is 12.5. The van der Waals surface area contributed by atoms with E-state index in [-0.39, 0.29) is 0 Å². The highest BCUT2D eigenvalue weighted by Gasteiger charge is 2.08. The Labute approximate surface area is 166 Å². The highest BCUT2D eigenvalue weighted by Crippen LogP contribution is 2.25. The van der Waals surface area contributed by atoms with Gasteiger partial charge in [-0.05, 0) is 43.2 Å². The number of anilines is 1. The van der Waals surface area contributed by atoms with Crippen LogP contribution in [0, 0.1) is 12.3 Å². The Hall–Kier alpha value is -2.08. The van der Waals surface area contributed by atoms with E-state index in [1.807, 2.05) is 37.3 Å². The number of nitrogens with one attached hydrogen (secondary N) is 2. The van der Waals surface area contributed by atoms with Crippen molar-refractivity contribution < 1.29 is 0 Å². The topological polar surface area (TPSA) is 53.2 Å². The van der Waals surface area contributed by atoms with Crippen LogP contribution in [0.3, 0.4) is 0 Å². The van der Waals surface area contributed by atoms with Gasteiger partial charge in [-0.3, -0.25) is 10.4 Å². The molecule has 2 N–H and O–H groups in total. The van der Waals surface area contributed by atoms with Crippen LogP contribution in [0.2, 0.25) is 10.0 Å². The summed E-state index contributed by atoms with van der Waals surface area (Å²) >= 11 is 13.6. The molecule has 0 fully saturated rings. The van der Waals surface area contributed by atoms with E-state index in [1.165, 1.54) is 17.1 Å². The Morgan fingerprint density at radius 1 is 1.12 bits per heavy atom. The number of rotatable bonds is 4. The molecule has 2 aromatic carbocycles. The molecule has 0 aliphatic carbocycles. The summed E-state index contributed by atoms with van der Waals surface area (Å²) in [5, 5.41) is 12.4. The molecule has 26 heavy (non-hydrogen) atoms. The lowest BCUT2D eigenvalue weighted by atomic mass is 10.2. The molecule has 0 bridgehead atoms. The molecule has 0 aliphatic heterocycles. The molecule has 3 rings (SSSR count). The molecule has 3 aromatic rings. The van der Waals surface area contributed by atoms with Gasteiger partial charge >= 0.3 is 0 Å². The van der Waals surface area contributed by atoms with Gasteiger partial charge in [-0.25, -0.2) is 3.96 Å². The summed E-state index contributed by atoms with van der Waals surface area (Å²) in [7, 11) is 0. The van der Waals surface area contributed by atoms with Crippen LogP contribution in [-0.4, -0.2) is 16.5 Å². The van der Waals surface area contributed by atoms with Gasteiger partial charge in [0.25, 0.3) is 0 Å². The quantitative estimate of drug-likeness (QED) is 0.455. The molecule has 1 aromatic heterocycles. The van der Waals surface area contributed by atoms with Crippen LogP contribution in [0.15, 0.2) is 59.6 Å². The summed E-state index contributed by atoms with van der Waals surface area (Å²) in [5.74, 6) is 0.599. The van der Waals surface area contributed by atoms with Crippen molar-refractivity contribution in [1.29, 1.82) is 5.41 Å². The van der Waals surface area contributed by atoms with Gasteiger partial charge in [0.2, 0.25) is 5.96 Å². The molecule has 0 spiro atoms. The maximum Gasteiger partial charge on any atom is 0.218 e. The highest BCUT2D eigenvalue weighted by molar-refractivity contribution is 7.07. The lowest BCUT2D eigenvalue weighted by molar-refractivity contribution is 0.947.